The molecule has 0 aliphatic carbocycles. The summed E-state index contributed by atoms with van der Waals surface area (Å²) in [4.78, 5) is 3.11. The number of thioether (sulfide) groups is 1. The van der Waals surface area contributed by atoms with Crippen molar-refractivity contribution in [2.75, 3.05) is 31.9 Å². The molecule has 1 spiro atoms. The van der Waals surface area contributed by atoms with Crippen molar-refractivity contribution in [3.63, 3.8) is 0 Å². The van der Waals surface area contributed by atoms with E-state index in [1.54, 1.807) is 0 Å². The Bertz CT molecular complexity index is 193. The van der Waals surface area contributed by atoms with Crippen LogP contribution in [-0.4, -0.2) is 41.7 Å². The molecule has 4 aliphatic heterocycles. The SMILES string of the molecule is C1CNC2(CN3CCC2CC3)SC1. The van der Waals surface area contributed by atoms with Crippen LogP contribution in [0.4, 0.5) is 0 Å². The van der Waals surface area contributed by atoms with Gasteiger partial charge in [0.15, 0.2) is 0 Å². The highest BCUT2D eigenvalue weighted by molar-refractivity contribution is 8.00. The van der Waals surface area contributed by atoms with Gasteiger partial charge in [-0.1, -0.05) is 0 Å². The fraction of sp³-hybridized carbons (Fsp3) is 1.00. The van der Waals surface area contributed by atoms with Crippen LogP contribution in [0, 0.1) is 5.92 Å². The average molecular weight is 198 g/mol. The van der Waals surface area contributed by atoms with E-state index in [9.17, 15) is 0 Å². The minimum absolute atomic E-state index is 0.467. The molecule has 0 amide bonds. The van der Waals surface area contributed by atoms with Crippen molar-refractivity contribution in [2.45, 2.75) is 24.1 Å². The molecule has 3 heteroatoms. The molecular weight excluding hydrogens is 180 g/mol. The number of nitrogens with zero attached hydrogens (tertiary/aromatic N) is 1. The first kappa shape index (κ1) is 8.57. The number of piperidine rings is 3. The van der Waals surface area contributed by atoms with Crippen LogP contribution in [0.15, 0.2) is 0 Å². The van der Waals surface area contributed by atoms with Crippen molar-refractivity contribution in [3.05, 3.63) is 0 Å². The maximum Gasteiger partial charge on any atom is 0.0803 e. The monoisotopic (exact) mass is 198 g/mol. The third-order valence-corrected chi connectivity index (χ3v) is 5.43. The molecule has 4 heterocycles. The highest BCUT2D eigenvalue weighted by Crippen LogP contribution is 2.44. The summed E-state index contributed by atoms with van der Waals surface area (Å²) in [6, 6.07) is 0. The number of fused-ring (bicyclic) bond motifs is 2. The Morgan fingerprint density at radius 1 is 1.31 bits per heavy atom. The normalized spacial score (nSPS) is 49.8. The minimum Gasteiger partial charge on any atom is -0.301 e. The summed E-state index contributed by atoms with van der Waals surface area (Å²) in [6.07, 6.45) is 4.22. The van der Waals surface area contributed by atoms with Crippen molar-refractivity contribution >= 4 is 11.8 Å². The fourth-order valence-corrected chi connectivity index (χ4v) is 4.66. The molecule has 0 aromatic rings. The molecule has 0 aromatic carbocycles. The zero-order chi connectivity index (χ0) is 8.73. The maximum atomic E-state index is 3.79. The van der Waals surface area contributed by atoms with Crippen molar-refractivity contribution in [2.24, 2.45) is 5.92 Å². The van der Waals surface area contributed by atoms with Crippen molar-refractivity contribution in [1.29, 1.82) is 0 Å². The predicted octanol–water partition coefficient (Wildman–Crippen LogP) is 1.13. The lowest BCUT2D eigenvalue weighted by molar-refractivity contribution is 0.0539. The lowest BCUT2D eigenvalue weighted by Crippen LogP contribution is -2.65. The molecule has 2 bridgehead atoms. The van der Waals surface area contributed by atoms with Gasteiger partial charge in [-0.2, -0.15) is 0 Å². The summed E-state index contributed by atoms with van der Waals surface area (Å²) < 4.78 is 0. The third-order valence-electron chi connectivity index (χ3n) is 3.81. The van der Waals surface area contributed by atoms with Gasteiger partial charge in [-0.3, -0.25) is 0 Å². The Morgan fingerprint density at radius 3 is 2.69 bits per heavy atom. The van der Waals surface area contributed by atoms with Crippen LogP contribution >= 0.6 is 11.8 Å². The Kier molecular flexibility index (Phi) is 2.07. The Labute approximate surface area is 84.4 Å². The first-order valence-electron chi connectivity index (χ1n) is 5.50. The Morgan fingerprint density at radius 2 is 2.15 bits per heavy atom. The standard InChI is InChI=1S/C10H18N2S/c1-4-11-10(13-7-1)8-12-5-2-9(10)3-6-12/h9,11H,1-8H2. The van der Waals surface area contributed by atoms with Crippen LogP contribution in [-0.2, 0) is 0 Å². The van der Waals surface area contributed by atoms with Crippen molar-refractivity contribution in [3.8, 4) is 0 Å². The first-order chi connectivity index (χ1) is 6.39. The van der Waals surface area contributed by atoms with E-state index in [1.165, 1.54) is 51.2 Å². The van der Waals surface area contributed by atoms with E-state index >= 15 is 0 Å². The molecule has 4 saturated heterocycles. The molecular formula is C10H18N2S. The summed E-state index contributed by atoms with van der Waals surface area (Å²) in [5.41, 5.74) is 0. The van der Waals surface area contributed by atoms with E-state index in [0.717, 1.165) is 5.92 Å². The summed E-state index contributed by atoms with van der Waals surface area (Å²) in [5.74, 6) is 2.33. The van der Waals surface area contributed by atoms with Gasteiger partial charge in [0.1, 0.15) is 0 Å². The zero-order valence-corrected chi connectivity index (χ0v) is 8.91. The quantitative estimate of drug-likeness (QED) is 0.628. The van der Waals surface area contributed by atoms with Gasteiger partial charge < -0.3 is 10.2 Å². The van der Waals surface area contributed by atoms with Gasteiger partial charge in [0, 0.05) is 6.54 Å². The number of rotatable bonds is 0. The molecule has 4 rings (SSSR count). The highest BCUT2D eigenvalue weighted by atomic mass is 32.2. The fourth-order valence-electron chi connectivity index (χ4n) is 3.06. The second-order valence-electron chi connectivity index (χ2n) is 4.57. The second-order valence-corrected chi connectivity index (χ2v) is 5.99. The Hall–Kier alpha value is 0.270. The molecule has 0 radical (unpaired) electrons. The van der Waals surface area contributed by atoms with E-state index in [2.05, 4.69) is 22.0 Å². The number of nitrogens with one attached hydrogen (secondary N) is 1. The van der Waals surface area contributed by atoms with E-state index < -0.39 is 0 Å². The van der Waals surface area contributed by atoms with Gasteiger partial charge in [-0.25, -0.2) is 0 Å². The van der Waals surface area contributed by atoms with Crippen molar-refractivity contribution in [1.82, 2.24) is 10.2 Å². The van der Waals surface area contributed by atoms with E-state index in [1.807, 2.05) is 0 Å². The topological polar surface area (TPSA) is 15.3 Å². The summed E-state index contributed by atoms with van der Waals surface area (Å²) in [5, 5.41) is 3.79. The van der Waals surface area contributed by atoms with Crippen LogP contribution < -0.4 is 5.32 Å². The van der Waals surface area contributed by atoms with Crippen LogP contribution in [0.25, 0.3) is 0 Å². The molecule has 4 fully saturated rings. The number of hydrogen-bond donors (Lipinski definition) is 1. The molecule has 0 aromatic heterocycles. The maximum absolute atomic E-state index is 3.79. The third kappa shape index (κ3) is 1.32. The molecule has 4 aliphatic rings. The van der Waals surface area contributed by atoms with Gasteiger partial charge in [-0.05, 0) is 50.6 Å². The molecule has 1 unspecified atom stereocenters. The summed E-state index contributed by atoms with van der Waals surface area (Å²) in [7, 11) is 0. The molecule has 0 saturated carbocycles. The highest BCUT2D eigenvalue weighted by Gasteiger charge is 2.47. The molecule has 2 nitrogen and oxygen atoms in total. The van der Waals surface area contributed by atoms with E-state index in [0.29, 0.717) is 4.87 Å². The van der Waals surface area contributed by atoms with Crippen LogP contribution in [0.2, 0.25) is 0 Å². The summed E-state index contributed by atoms with van der Waals surface area (Å²) >= 11 is 2.20. The predicted molar refractivity (Wildman–Crippen MR) is 57.0 cm³/mol. The summed E-state index contributed by atoms with van der Waals surface area (Å²) in [6.45, 7) is 5.27. The Balaban J connectivity index is 1.81. The van der Waals surface area contributed by atoms with Gasteiger partial charge >= 0.3 is 0 Å². The van der Waals surface area contributed by atoms with Gasteiger partial charge in [0.2, 0.25) is 0 Å². The minimum atomic E-state index is 0.467. The molecule has 1 atom stereocenters. The van der Waals surface area contributed by atoms with Gasteiger partial charge in [0.25, 0.3) is 0 Å². The van der Waals surface area contributed by atoms with Crippen LogP contribution in [0.5, 0.6) is 0 Å². The number of hydrogen-bond acceptors (Lipinski definition) is 3. The smallest absolute Gasteiger partial charge is 0.0803 e. The van der Waals surface area contributed by atoms with E-state index in [-0.39, 0.29) is 0 Å². The molecule has 13 heavy (non-hydrogen) atoms. The molecule has 74 valence electrons. The van der Waals surface area contributed by atoms with E-state index in [4.69, 9.17) is 0 Å². The lowest BCUT2D eigenvalue weighted by Gasteiger charge is -2.54. The van der Waals surface area contributed by atoms with Crippen molar-refractivity contribution < 1.29 is 0 Å². The largest absolute Gasteiger partial charge is 0.301 e. The zero-order valence-electron chi connectivity index (χ0n) is 8.09. The second kappa shape index (κ2) is 3.14. The van der Waals surface area contributed by atoms with Gasteiger partial charge in [0.05, 0.1) is 4.87 Å². The lowest BCUT2D eigenvalue weighted by atomic mass is 9.83. The van der Waals surface area contributed by atoms with Crippen LogP contribution in [0.1, 0.15) is 19.3 Å². The van der Waals surface area contributed by atoms with Gasteiger partial charge in [-0.15, -0.1) is 11.8 Å². The average Bonchev–Trinajstić information content (AvgIpc) is 2.20. The first-order valence-corrected chi connectivity index (χ1v) is 6.49. The van der Waals surface area contributed by atoms with Crippen LogP contribution in [0.3, 0.4) is 0 Å². The molecule has 1 N–H and O–H groups in total.